The Kier molecular flexibility index (Phi) is 6.65. The minimum absolute atomic E-state index is 0.0337. The molecule has 1 unspecified atom stereocenters. The van der Waals surface area contributed by atoms with E-state index >= 15 is 0 Å². The highest BCUT2D eigenvalue weighted by atomic mass is 16.5. The van der Waals surface area contributed by atoms with E-state index in [0.717, 1.165) is 56.8 Å². The number of nitrogens with one attached hydrogen (secondary N) is 1. The number of para-hydroxylation sites is 2. The second-order valence-corrected chi connectivity index (χ2v) is 9.28. The van der Waals surface area contributed by atoms with Crippen LogP contribution in [0.5, 0.6) is 5.75 Å². The molecule has 5 rings (SSSR count). The van der Waals surface area contributed by atoms with E-state index in [1.165, 1.54) is 5.56 Å². The molecule has 2 aliphatic heterocycles. The number of aromatic nitrogens is 2. The Morgan fingerprint density at radius 3 is 2.68 bits per heavy atom. The van der Waals surface area contributed by atoms with Crippen molar-refractivity contribution < 1.29 is 14.3 Å². The maximum atomic E-state index is 12.3. The average molecular weight is 461 g/mol. The first-order chi connectivity index (χ1) is 16.6. The number of nitrogens with zero attached hydrogens (tertiary/aromatic N) is 3. The van der Waals surface area contributed by atoms with Crippen molar-refractivity contribution in [3.05, 3.63) is 78.1 Å². The summed E-state index contributed by atoms with van der Waals surface area (Å²) in [6, 6.07) is 17.3. The predicted octanol–water partition coefficient (Wildman–Crippen LogP) is 3.82. The smallest absolute Gasteiger partial charge is 0.251 e. The number of hydrogen-bond donors (Lipinski definition) is 1. The summed E-state index contributed by atoms with van der Waals surface area (Å²) in [4.78, 5) is 14.8. The molecule has 2 aromatic carbocycles. The molecule has 2 fully saturated rings. The molecule has 7 heteroatoms. The maximum Gasteiger partial charge on any atom is 0.251 e. The number of likely N-dealkylation sites (tertiary alicyclic amines) is 1. The largest absolute Gasteiger partial charge is 0.494 e. The molecule has 3 aromatic rings. The van der Waals surface area contributed by atoms with Crippen molar-refractivity contribution in [2.45, 2.75) is 43.9 Å². The normalized spacial score (nSPS) is 19.9. The highest BCUT2D eigenvalue weighted by Gasteiger charge is 2.42. The van der Waals surface area contributed by atoms with Gasteiger partial charge < -0.3 is 14.8 Å². The molecule has 3 heterocycles. The molecule has 34 heavy (non-hydrogen) atoms. The Hall–Kier alpha value is -3.16. The highest BCUT2D eigenvalue weighted by Crippen LogP contribution is 2.39. The van der Waals surface area contributed by atoms with Crippen LogP contribution in [0.3, 0.4) is 0 Å². The number of hydrogen-bond acceptors (Lipinski definition) is 5. The molecule has 2 aliphatic rings. The van der Waals surface area contributed by atoms with Crippen LogP contribution in [0.4, 0.5) is 0 Å². The Bertz CT molecular complexity index is 1110. The third-order valence-electron chi connectivity index (χ3n) is 7.01. The molecule has 178 valence electrons. The van der Waals surface area contributed by atoms with Crippen LogP contribution in [-0.4, -0.2) is 59.0 Å². The first-order valence-corrected chi connectivity index (χ1v) is 12.0. The summed E-state index contributed by atoms with van der Waals surface area (Å²) in [6.45, 7) is 3.45. The second kappa shape index (κ2) is 9.99. The Balaban J connectivity index is 1.10. The van der Waals surface area contributed by atoms with Crippen molar-refractivity contribution in [1.82, 2.24) is 20.0 Å². The monoisotopic (exact) mass is 460 g/mol. The zero-order chi connectivity index (χ0) is 23.4. The summed E-state index contributed by atoms with van der Waals surface area (Å²) in [7, 11) is 1.68. The Labute approximate surface area is 200 Å². The van der Waals surface area contributed by atoms with E-state index in [9.17, 15) is 4.79 Å². The Morgan fingerprint density at radius 2 is 1.88 bits per heavy atom. The topological polar surface area (TPSA) is 68.6 Å². The SMILES string of the molecule is COc1ccccc1-n1cc(CN2CCC3(CCC(CNC(=O)c4ccccc4)O3)CC2)cn1. The van der Waals surface area contributed by atoms with Gasteiger partial charge in [0, 0.05) is 43.5 Å². The number of benzene rings is 2. The van der Waals surface area contributed by atoms with Crippen LogP contribution in [0.15, 0.2) is 67.0 Å². The predicted molar refractivity (Wildman–Crippen MR) is 130 cm³/mol. The Morgan fingerprint density at radius 1 is 1.12 bits per heavy atom. The second-order valence-electron chi connectivity index (χ2n) is 9.28. The van der Waals surface area contributed by atoms with Crippen LogP contribution < -0.4 is 10.1 Å². The first-order valence-electron chi connectivity index (χ1n) is 12.0. The average Bonchev–Trinajstić information content (AvgIpc) is 3.52. The fourth-order valence-electron chi connectivity index (χ4n) is 5.07. The lowest BCUT2D eigenvalue weighted by molar-refractivity contribution is -0.0764. The van der Waals surface area contributed by atoms with Gasteiger partial charge in [0.15, 0.2) is 0 Å². The van der Waals surface area contributed by atoms with E-state index in [-0.39, 0.29) is 17.6 Å². The van der Waals surface area contributed by atoms with Gasteiger partial charge in [-0.1, -0.05) is 30.3 Å². The summed E-state index contributed by atoms with van der Waals surface area (Å²) < 4.78 is 13.8. The van der Waals surface area contributed by atoms with Gasteiger partial charge in [0.25, 0.3) is 5.91 Å². The third kappa shape index (κ3) is 5.00. The van der Waals surface area contributed by atoms with E-state index < -0.39 is 0 Å². The summed E-state index contributed by atoms with van der Waals surface area (Å²) in [6.07, 6.45) is 8.24. The fraction of sp³-hybridized carbons (Fsp3) is 0.407. The first kappa shape index (κ1) is 22.6. The van der Waals surface area contributed by atoms with E-state index in [2.05, 4.69) is 21.5 Å². The molecule has 1 atom stereocenters. The molecule has 0 radical (unpaired) electrons. The van der Waals surface area contributed by atoms with Crippen LogP contribution >= 0.6 is 0 Å². The molecule has 2 saturated heterocycles. The number of piperidine rings is 1. The fourth-order valence-corrected chi connectivity index (χ4v) is 5.07. The van der Waals surface area contributed by atoms with Gasteiger partial charge >= 0.3 is 0 Å². The zero-order valence-electron chi connectivity index (χ0n) is 19.7. The van der Waals surface area contributed by atoms with Gasteiger partial charge in [-0.05, 0) is 49.9 Å². The van der Waals surface area contributed by atoms with Crippen LogP contribution in [0.2, 0.25) is 0 Å². The molecule has 0 saturated carbocycles. The number of rotatable bonds is 7. The van der Waals surface area contributed by atoms with E-state index in [1.807, 2.05) is 65.5 Å². The van der Waals surface area contributed by atoms with Crippen molar-refractivity contribution in [2.75, 3.05) is 26.7 Å². The zero-order valence-corrected chi connectivity index (χ0v) is 19.7. The minimum atomic E-state index is -0.0414. The molecule has 1 N–H and O–H groups in total. The molecular weight excluding hydrogens is 428 g/mol. The van der Waals surface area contributed by atoms with Gasteiger partial charge in [0.2, 0.25) is 0 Å². The standard InChI is InChI=1S/C27H32N4O3/c1-33-25-10-6-5-9-24(25)31-20-21(17-29-31)19-30-15-13-27(14-16-30)12-11-23(34-27)18-28-26(32)22-7-3-2-4-8-22/h2-10,17,20,23H,11-16,18-19H2,1H3,(H,28,32). The molecule has 1 amide bonds. The van der Waals surface area contributed by atoms with Crippen LogP contribution in [0.1, 0.15) is 41.6 Å². The number of ether oxygens (including phenoxy) is 2. The highest BCUT2D eigenvalue weighted by molar-refractivity contribution is 5.94. The molecule has 1 spiro atoms. The maximum absolute atomic E-state index is 12.3. The number of carbonyl (C=O) groups is 1. The molecule has 7 nitrogen and oxygen atoms in total. The van der Waals surface area contributed by atoms with Crippen LogP contribution in [0, 0.1) is 0 Å². The van der Waals surface area contributed by atoms with Crippen molar-refractivity contribution in [3.63, 3.8) is 0 Å². The quantitative estimate of drug-likeness (QED) is 0.581. The van der Waals surface area contributed by atoms with Crippen LogP contribution in [0.25, 0.3) is 5.69 Å². The van der Waals surface area contributed by atoms with E-state index in [0.29, 0.717) is 12.1 Å². The third-order valence-corrected chi connectivity index (χ3v) is 7.01. The summed E-state index contributed by atoms with van der Waals surface area (Å²) in [5.41, 5.74) is 2.78. The van der Waals surface area contributed by atoms with Gasteiger partial charge in [-0.25, -0.2) is 4.68 Å². The lowest BCUT2D eigenvalue weighted by atomic mass is 9.88. The molecular formula is C27H32N4O3. The number of amides is 1. The van der Waals surface area contributed by atoms with Gasteiger partial charge in [-0.3, -0.25) is 9.69 Å². The van der Waals surface area contributed by atoms with E-state index in [4.69, 9.17) is 9.47 Å². The lowest BCUT2D eigenvalue weighted by Crippen LogP contribution is -2.44. The van der Waals surface area contributed by atoms with Gasteiger partial charge in [-0.15, -0.1) is 0 Å². The summed E-state index contributed by atoms with van der Waals surface area (Å²) in [5.74, 6) is 0.776. The molecule has 0 aliphatic carbocycles. The number of carbonyl (C=O) groups excluding carboxylic acids is 1. The van der Waals surface area contributed by atoms with Gasteiger partial charge in [-0.2, -0.15) is 5.10 Å². The summed E-state index contributed by atoms with van der Waals surface area (Å²) in [5, 5.41) is 7.58. The van der Waals surface area contributed by atoms with E-state index in [1.54, 1.807) is 7.11 Å². The summed E-state index contributed by atoms with van der Waals surface area (Å²) >= 11 is 0. The van der Waals surface area contributed by atoms with Gasteiger partial charge in [0.05, 0.1) is 25.0 Å². The minimum Gasteiger partial charge on any atom is -0.494 e. The van der Waals surface area contributed by atoms with Crippen LogP contribution in [-0.2, 0) is 11.3 Å². The molecule has 0 bridgehead atoms. The van der Waals surface area contributed by atoms with Crippen molar-refractivity contribution in [1.29, 1.82) is 0 Å². The lowest BCUT2D eigenvalue weighted by Gasteiger charge is -2.39. The van der Waals surface area contributed by atoms with Gasteiger partial charge in [0.1, 0.15) is 11.4 Å². The van der Waals surface area contributed by atoms with Crippen molar-refractivity contribution >= 4 is 5.91 Å². The number of methoxy groups -OCH3 is 1. The van der Waals surface area contributed by atoms with Crippen molar-refractivity contribution in [2.24, 2.45) is 0 Å². The van der Waals surface area contributed by atoms with Crippen molar-refractivity contribution in [3.8, 4) is 11.4 Å². The molecule has 1 aromatic heterocycles.